The van der Waals surface area contributed by atoms with Crippen LogP contribution in [-0.4, -0.2) is 132 Å². The van der Waals surface area contributed by atoms with Crippen LogP contribution in [0.1, 0.15) is 79.2 Å². The largest absolute Gasteiger partial charge is 0.424 e. The highest BCUT2D eigenvalue weighted by Crippen LogP contribution is 2.31. The molecule has 2 fully saturated rings. The maximum atomic E-state index is 14.1. The Hall–Kier alpha value is -5.40. The summed E-state index contributed by atoms with van der Waals surface area (Å²) < 4.78 is 21.6. The first-order chi connectivity index (χ1) is 29.4. The van der Waals surface area contributed by atoms with Gasteiger partial charge in [-0.25, -0.2) is 9.59 Å². The average molecular weight is 833 g/mol. The van der Waals surface area contributed by atoms with E-state index in [4.69, 9.17) is 18.9 Å². The van der Waals surface area contributed by atoms with Gasteiger partial charge in [-0.2, -0.15) is 0 Å². The number of carbonyl (C=O) groups is 4. The van der Waals surface area contributed by atoms with Crippen molar-refractivity contribution >= 4 is 34.9 Å². The van der Waals surface area contributed by atoms with Gasteiger partial charge in [0, 0.05) is 48.7 Å². The molecule has 0 saturated carbocycles. The van der Waals surface area contributed by atoms with Gasteiger partial charge in [-0.1, -0.05) is 38.1 Å². The predicted molar refractivity (Wildman–Crippen MR) is 237 cm³/mol. The monoisotopic (exact) mass is 832 g/mol. The van der Waals surface area contributed by atoms with Crippen molar-refractivity contribution in [3.63, 3.8) is 0 Å². The minimum Gasteiger partial charge on any atom is -0.424 e. The summed E-state index contributed by atoms with van der Waals surface area (Å²) in [5.74, 6) is -1.21. The summed E-state index contributed by atoms with van der Waals surface area (Å²) in [6.07, 6.45) is 2.06. The number of rotatable bonds is 18. The summed E-state index contributed by atoms with van der Waals surface area (Å²) in [7, 11) is 7.68. The highest BCUT2D eigenvalue weighted by Gasteiger charge is 2.41. The zero-order valence-electron chi connectivity index (χ0n) is 36.5. The second kappa shape index (κ2) is 20.4. The summed E-state index contributed by atoms with van der Waals surface area (Å²) in [4.78, 5) is 62.6. The fourth-order valence-corrected chi connectivity index (χ4v) is 8.41. The van der Waals surface area contributed by atoms with Gasteiger partial charge in [0.25, 0.3) is 0 Å². The number of morpholine rings is 2. The minimum absolute atomic E-state index is 0.0349. The normalized spacial score (nSPS) is 16.5. The molecule has 2 aliphatic rings. The van der Waals surface area contributed by atoms with E-state index in [2.05, 4.69) is 9.80 Å². The lowest BCUT2D eigenvalue weighted by molar-refractivity contribution is -0.0167. The molecule has 2 heterocycles. The van der Waals surface area contributed by atoms with Gasteiger partial charge in [-0.15, -0.1) is 0 Å². The van der Waals surface area contributed by atoms with Crippen LogP contribution in [0.5, 0.6) is 0 Å². The zero-order valence-corrected chi connectivity index (χ0v) is 36.5. The Balaban J connectivity index is 1.02. The molecule has 4 aromatic carbocycles. The molecule has 2 atom stereocenters. The van der Waals surface area contributed by atoms with Crippen molar-refractivity contribution in [1.29, 1.82) is 0 Å². The van der Waals surface area contributed by atoms with Gasteiger partial charge in [0.1, 0.15) is 0 Å². The number of esters is 2. The van der Waals surface area contributed by atoms with Crippen LogP contribution < -0.4 is 9.80 Å². The number of nitrogens with zero attached hydrogens (tertiary/aromatic N) is 4. The molecule has 4 aromatic rings. The molecule has 61 heavy (non-hydrogen) atoms. The molecule has 6 rings (SSSR count). The van der Waals surface area contributed by atoms with Gasteiger partial charge < -0.3 is 28.7 Å². The number of carbonyl (C=O) groups excluding carboxylic acids is 4. The average Bonchev–Trinajstić information content (AvgIpc) is 3.30. The van der Waals surface area contributed by atoms with Gasteiger partial charge in [-0.3, -0.25) is 19.4 Å². The molecule has 0 spiro atoms. The Kier molecular flexibility index (Phi) is 15.1. The molecule has 0 bridgehead atoms. The van der Waals surface area contributed by atoms with Crippen LogP contribution in [0.3, 0.4) is 0 Å². The number of hydrogen-bond donors (Lipinski definition) is 0. The molecule has 0 aromatic heterocycles. The Bertz CT molecular complexity index is 1940. The van der Waals surface area contributed by atoms with E-state index >= 15 is 0 Å². The molecular formula is C49H60N4O8. The van der Waals surface area contributed by atoms with Crippen LogP contribution in [-0.2, 0) is 31.8 Å². The summed E-state index contributed by atoms with van der Waals surface area (Å²) in [5.41, 5.74) is 4.23. The van der Waals surface area contributed by atoms with E-state index in [0.29, 0.717) is 74.4 Å². The smallest absolute Gasteiger partial charge is 0.340 e. The van der Waals surface area contributed by atoms with Crippen LogP contribution >= 0.6 is 0 Å². The molecule has 2 unspecified atom stereocenters. The molecule has 324 valence electrons. The quantitative estimate of drug-likeness (QED) is 0.0611. The third-order valence-electron chi connectivity index (χ3n) is 12.5. The number of ether oxygens (including phenoxy) is 4. The van der Waals surface area contributed by atoms with Gasteiger partial charge in [0.2, 0.25) is 6.79 Å². The lowest BCUT2D eigenvalue weighted by Gasteiger charge is -2.38. The Morgan fingerprint density at radius 1 is 0.508 bits per heavy atom. The van der Waals surface area contributed by atoms with Crippen LogP contribution in [0.15, 0.2) is 97.1 Å². The fourth-order valence-electron chi connectivity index (χ4n) is 8.41. The lowest BCUT2D eigenvalue weighted by atomic mass is 9.80. The van der Waals surface area contributed by atoms with Crippen molar-refractivity contribution in [3.05, 3.63) is 130 Å². The fraction of sp³-hybridized carbons (Fsp3) is 0.429. The minimum atomic E-state index is -0.797. The SMILES string of the molecule is CCC(Cc1ccc(C(=O)OCOC(=O)c2ccc(CC(CC)(C(=O)c3ccc(N4CCOCC4)cc3)N(C)C)cc2)cc1)(C(=O)c1ccc(N2CCOCC2)cc1)N(C)C. The molecule has 0 N–H and O–H groups in total. The molecule has 0 amide bonds. The van der Waals surface area contributed by atoms with E-state index in [0.717, 1.165) is 48.7 Å². The number of likely N-dealkylation sites (N-methyl/N-ethyl adjacent to an activating group) is 2. The van der Waals surface area contributed by atoms with E-state index in [-0.39, 0.29) is 11.6 Å². The third kappa shape index (κ3) is 10.4. The molecule has 2 saturated heterocycles. The van der Waals surface area contributed by atoms with E-state index < -0.39 is 29.8 Å². The standard InChI is InChI=1S/C49H60N4O8/c1-7-48(50(3)4,44(54)38-17-21-42(22-18-38)52-25-29-58-30-26-52)33-36-9-13-40(14-10-36)46(56)60-35-61-47(57)41-15-11-37(12-16-41)34-49(8-2,51(5)6)45(55)39-19-23-43(24-20-39)53-27-31-59-32-28-53/h9-24H,7-8,25-35H2,1-6H3. The predicted octanol–water partition coefficient (Wildman–Crippen LogP) is 6.60. The molecule has 0 aliphatic carbocycles. The number of ketones is 2. The topological polar surface area (TPSA) is 118 Å². The summed E-state index contributed by atoms with van der Waals surface area (Å²) in [6, 6.07) is 29.6. The Morgan fingerprint density at radius 3 is 1.11 bits per heavy atom. The van der Waals surface area contributed by atoms with Crippen molar-refractivity contribution < 1.29 is 38.1 Å². The number of anilines is 2. The van der Waals surface area contributed by atoms with Gasteiger partial charge in [-0.05, 0) is 138 Å². The Labute approximate surface area is 360 Å². The Morgan fingerprint density at radius 2 is 0.820 bits per heavy atom. The van der Waals surface area contributed by atoms with E-state index in [1.807, 2.05) is 125 Å². The van der Waals surface area contributed by atoms with Gasteiger partial charge in [0.05, 0.1) is 48.6 Å². The van der Waals surface area contributed by atoms with E-state index in [1.54, 1.807) is 24.3 Å². The van der Waals surface area contributed by atoms with E-state index in [1.165, 1.54) is 0 Å². The van der Waals surface area contributed by atoms with Crippen molar-refractivity contribution in [1.82, 2.24) is 9.80 Å². The van der Waals surface area contributed by atoms with Gasteiger partial charge >= 0.3 is 11.9 Å². The molecule has 12 nitrogen and oxygen atoms in total. The lowest BCUT2D eigenvalue weighted by Crippen LogP contribution is -2.52. The second-order valence-electron chi connectivity index (χ2n) is 16.2. The number of hydrogen-bond acceptors (Lipinski definition) is 12. The summed E-state index contributed by atoms with van der Waals surface area (Å²) in [5, 5.41) is 0. The highest BCUT2D eigenvalue weighted by atomic mass is 16.7. The molecule has 2 aliphatic heterocycles. The van der Waals surface area contributed by atoms with Crippen molar-refractivity contribution in [2.45, 2.75) is 50.6 Å². The highest BCUT2D eigenvalue weighted by molar-refractivity contribution is 6.04. The third-order valence-corrected chi connectivity index (χ3v) is 12.5. The second-order valence-corrected chi connectivity index (χ2v) is 16.2. The van der Waals surface area contributed by atoms with E-state index in [9.17, 15) is 19.2 Å². The maximum absolute atomic E-state index is 14.1. The van der Waals surface area contributed by atoms with Crippen LogP contribution in [0.4, 0.5) is 11.4 Å². The summed E-state index contributed by atoms with van der Waals surface area (Å²) >= 11 is 0. The van der Waals surface area contributed by atoms with Crippen molar-refractivity contribution in [2.75, 3.05) is 97.4 Å². The first kappa shape index (κ1) is 45.1. The van der Waals surface area contributed by atoms with Crippen LogP contribution in [0.2, 0.25) is 0 Å². The first-order valence-corrected chi connectivity index (χ1v) is 21.2. The first-order valence-electron chi connectivity index (χ1n) is 21.2. The number of Topliss-reactive ketones (excluding diaryl/α,β-unsaturated/α-hetero) is 2. The summed E-state index contributed by atoms with van der Waals surface area (Å²) in [6.45, 7) is 9.53. The molecular weight excluding hydrogens is 773 g/mol. The van der Waals surface area contributed by atoms with Crippen molar-refractivity contribution in [3.8, 4) is 0 Å². The molecule has 0 radical (unpaired) electrons. The van der Waals surface area contributed by atoms with Crippen molar-refractivity contribution in [2.24, 2.45) is 0 Å². The maximum Gasteiger partial charge on any atom is 0.340 e. The molecule has 12 heteroatoms. The van der Waals surface area contributed by atoms with Crippen LogP contribution in [0.25, 0.3) is 0 Å². The zero-order chi connectivity index (χ0) is 43.6. The van der Waals surface area contributed by atoms with Crippen LogP contribution in [0, 0.1) is 0 Å². The number of benzene rings is 4. The van der Waals surface area contributed by atoms with Gasteiger partial charge in [0.15, 0.2) is 11.6 Å².